The van der Waals surface area contributed by atoms with Crippen LogP contribution >= 0.6 is 11.3 Å². The van der Waals surface area contributed by atoms with Gasteiger partial charge in [-0.05, 0) is 50.3 Å². The molecule has 2 rings (SSSR count). The van der Waals surface area contributed by atoms with E-state index in [2.05, 4.69) is 18.3 Å². The van der Waals surface area contributed by atoms with E-state index in [0.29, 0.717) is 6.04 Å². The lowest BCUT2D eigenvalue weighted by Crippen LogP contribution is -2.25. The van der Waals surface area contributed by atoms with E-state index in [1.807, 2.05) is 11.3 Å². The van der Waals surface area contributed by atoms with Gasteiger partial charge in [-0.2, -0.15) is 0 Å². The van der Waals surface area contributed by atoms with Crippen LogP contribution in [0.2, 0.25) is 0 Å². The Balaban J connectivity index is 2.09. The van der Waals surface area contributed by atoms with Crippen molar-refractivity contribution in [3.05, 3.63) is 21.4 Å². The topological polar surface area (TPSA) is 21.3 Å². The third-order valence-electron chi connectivity index (χ3n) is 3.58. The van der Waals surface area contributed by atoms with Crippen molar-refractivity contribution in [3.63, 3.8) is 0 Å². The summed E-state index contributed by atoms with van der Waals surface area (Å²) >= 11 is 2.00. The SMILES string of the molecule is CCCNC(COC)c1cc2c(s1)CCCCC2. The van der Waals surface area contributed by atoms with E-state index in [-0.39, 0.29) is 0 Å². The van der Waals surface area contributed by atoms with Gasteiger partial charge in [-0.25, -0.2) is 0 Å². The second-order valence-electron chi connectivity index (χ2n) is 5.12. The molecule has 2 nitrogen and oxygen atoms in total. The fourth-order valence-corrected chi connectivity index (χ4v) is 3.91. The first-order chi connectivity index (χ1) is 8.85. The summed E-state index contributed by atoms with van der Waals surface area (Å²) < 4.78 is 5.36. The molecule has 0 bridgehead atoms. The van der Waals surface area contributed by atoms with Gasteiger partial charge in [-0.1, -0.05) is 13.3 Å². The molecule has 1 aliphatic carbocycles. The van der Waals surface area contributed by atoms with Crippen LogP contribution in [0, 0.1) is 0 Å². The van der Waals surface area contributed by atoms with Gasteiger partial charge in [0.2, 0.25) is 0 Å². The van der Waals surface area contributed by atoms with Gasteiger partial charge in [0.15, 0.2) is 0 Å². The highest BCUT2D eigenvalue weighted by atomic mass is 32.1. The van der Waals surface area contributed by atoms with Gasteiger partial charge in [0.1, 0.15) is 0 Å². The molecule has 0 spiro atoms. The molecule has 1 unspecified atom stereocenters. The molecular formula is C15H25NOS. The number of hydrogen-bond acceptors (Lipinski definition) is 3. The Morgan fingerprint density at radius 2 is 2.17 bits per heavy atom. The van der Waals surface area contributed by atoms with E-state index >= 15 is 0 Å². The van der Waals surface area contributed by atoms with E-state index in [0.717, 1.165) is 13.2 Å². The summed E-state index contributed by atoms with van der Waals surface area (Å²) in [6.07, 6.45) is 7.86. The molecule has 0 aliphatic heterocycles. The second kappa shape index (κ2) is 7.27. The largest absolute Gasteiger partial charge is 0.383 e. The van der Waals surface area contributed by atoms with E-state index in [1.54, 1.807) is 17.6 Å². The predicted octanol–water partition coefficient (Wildman–Crippen LogP) is 3.70. The summed E-state index contributed by atoms with van der Waals surface area (Å²) in [5.41, 5.74) is 1.60. The predicted molar refractivity (Wildman–Crippen MR) is 78.5 cm³/mol. The Bertz CT molecular complexity index is 338. The third-order valence-corrected chi connectivity index (χ3v) is 4.93. The molecule has 18 heavy (non-hydrogen) atoms. The minimum Gasteiger partial charge on any atom is -0.383 e. The molecule has 1 N–H and O–H groups in total. The van der Waals surface area contributed by atoms with Crippen molar-refractivity contribution in [1.82, 2.24) is 5.32 Å². The normalized spacial score (nSPS) is 17.2. The highest BCUT2D eigenvalue weighted by molar-refractivity contribution is 7.12. The third kappa shape index (κ3) is 3.56. The minimum atomic E-state index is 0.381. The van der Waals surface area contributed by atoms with E-state index in [1.165, 1.54) is 43.4 Å². The van der Waals surface area contributed by atoms with E-state index in [4.69, 9.17) is 4.74 Å². The maximum absolute atomic E-state index is 5.36. The maximum Gasteiger partial charge on any atom is 0.0665 e. The van der Waals surface area contributed by atoms with E-state index < -0.39 is 0 Å². The van der Waals surface area contributed by atoms with E-state index in [9.17, 15) is 0 Å². The van der Waals surface area contributed by atoms with Crippen LogP contribution in [-0.4, -0.2) is 20.3 Å². The summed E-state index contributed by atoms with van der Waals surface area (Å²) in [5.74, 6) is 0. The highest BCUT2D eigenvalue weighted by Crippen LogP contribution is 2.32. The molecule has 0 aromatic carbocycles. The minimum absolute atomic E-state index is 0.381. The fourth-order valence-electron chi connectivity index (χ4n) is 2.59. The molecule has 1 aliphatic rings. The van der Waals surface area contributed by atoms with Gasteiger partial charge >= 0.3 is 0 Å². The number of thiophene rings is 1. The number of nitrogens with one attached hydrogen (secondary N) is 1. The molecule has 1 aromatic rings. The Morgan fingerprint density at radius 3 is 2.94 bits per heavy atom. The quantitative estimate of drug-likeness (QED) is 0.793. The van der Waals surface area contributed by atoms with Gasteiger partial charge < -0.3 is 10.1 Å². The van der Waals surface area contributed by atoms with Gasteiger partial charge in [0.25, 0.3) is 0 Å². The highest BCUT2D eigenvalue weighted by Gasteiger charge is 2.18. The van der Waals surface area contributed by atoms with Crippen LogP contribution in [-0.2, 0) is 17.6 Å². The zero-order valence-electron chi connectivity index (χ0n) is 11.6. The maximum atomic E-state index is 5.36. The van der Waals surface area contributed by atoms with Gasteiger partial charge in [-0.3, -0.25) is 0 Å². The number of aryl methyl sites for hydroxylation is 2. The molecule has 0 saturated carbocycles. The zero-order chi connectivity index (χ0) is 12.8. The van der Waals surface area contributed by atoms with Crippen LogP contribution in [0.15, 0.2) is 6.07 Å². The van der Waals surface area contributed by atoms with Crippen LogP contribution < -0.4 is 5.32 Å². The summed E-state index contributed by atoms with van der Waals surface area (Å²) in [4.78, 5) is 3.10. The number of methoxy groups -OCH3 is 1. The fraction of sp³-hybridized carbons (Fsp3) is 0.733. The average molecular weight is 267 g/mol. The summed E-state index contributed by atoms with van der Waals surface area (Å²) in [7, 11) is 1.79. The monoisotopic (exact) mass is 267 g/mol. The van der Waals surface area contributed by atoms with Gasteiger partial charge in [0, 0.05) is 16.9 Å². The number of hydrogen-bond donors (Lipinski definition) is 1. The standard InChI is InChI=1S/C15H25NOS/c1-3-9-16-13(11-17-2)15-10-12-7-5-4-6-8-14(12)18-15/h10,13,16H,3-9,11H2,1-2H3. The molecule has 1 heterocycles. The first-order valence-corrected chi connectivity index (χ1v) is 8.00. The van der Waals surface area contributed by atoms with Crippen molar-refractivity contribution < 1.29 is 4.74 Å². The molecule has 102 valence electrons. The molecule has 0 radical (unpaired) electrons. The van der Waals surface area contributed by atoms with Crippen molar-refractivity contribution in [2.75, 3.05) is 20.3 Å². The number of fused-ring (bicyclic) bond motifs is 1. The van der Waals surface area contributed by atoms with Crippen molar-refractivity contribution in [2.45, 2.75) is 51.5 Å². The second-order valence-corrected chi connectivity index (χ2v) is 6.29. The first kappa shape index (κ1) is 14.0. The molecule has 0 saturated heterocycles. The lowest BCUT2D eigenvalue weighted by molar-refractivity contribution is 0.168. The van der Waals surface area contributed by atoms with Gasteiger partial charge in [0.05, 0.1) is 12.6 Å². The molecule has 0 fully saturated rings. The molecule has 1 aromatic heterocycles. The average Bonchev–Trinajstić information content (AvgIpc) is 2.66. The number of ether oxygens (including phenoxy) is 1. The zero-order valence-corrected chi connectivity index (χ0v) is 12.4. The Kier molecular flexibility index (Phi) is 5.67. The molecule has 3 heteroatoms. The number of rotatable bonds is 6. The molecule has 0 amide bonds. The lowest BCUT2D eigenvalue weighted by atomic mass is 10.1. The van der Waals surface area contributed by atoms with Crippen LogP contribution in [0.3, 0.4) is 0 Å². The van der Waals surface area contributed by atoms with Crippen molar-refractivity contribution in [2.24, 2.45) is 0 Å². The Labute approximate surface area is 115 Å². The summed E-state index contributed by atoms with van der Waals surface area (Å²) in [5, 5.41) is 3.60. The Hall–Kier alpha value is -0.380. The Morgan fingerprint density at radius 1 is 1.33 bits per heavy atom. The van der Waals surface area contributed by atoms with Crippen molar-refractivity contribution in [1.29, 1.82) is 0 Å². The lowest BCUT2D eigenvalue weighted by Gasteiger charge is -2.15. The molecule has 1 atom stereocenters. The van der Waals surface area contributed by atoms with Crippen molar-refractivity contribution >= 4 is 11.3 Å². The van der Waals surface area contributed by atoms with Gasteiger partial charge in [-0.15, -0.1) is 11.3 Å². The molecular weight excluding hydrogens is 242 g/mol. The summed E-state index contributed by atoms with van der Waals surface area (Å²) in [6.45, 7) is 4.05. The summed E-state index contributed by atoms with van der Waals surface area (Å²) in [6, 6.07) is 2.81. The smallest absolute Gasteiger partial charge is 0.0665 e. The van der Waals surface area contributed by atoms with Crippen LogP contribution in [0.25, 0.3) is 0 Å². The first-order valence-electron chi connectivity index (χ1n) is 7.19. The van der Waals surface area contributed by atoms with Crippen LogP contribution in [0.1, 0.15) is 54.0 Å². The van der Waals surface area contributed by atoms with Crippen LogP contribution in [0.4, 0.5) is 0 Å². The van der Waals surface area contributed by atoms with Crippen molar-refractivity contribution in [3.8, 4) is 0 Å². The van der Waals surface area contributed by atoms with Crippen LogP contribution in [0.5, 0.6) is 0 Å².